The molecule has 0 saturated carbocycles. The van der Waals surface area contributed by atoms with Gasteiger partial charge >= 0.3 is 0 Å². The number of rotatable bonds is 6. The summed E-state index contributed by atoms with van der Waals surface area (Å²) < 4.78 is 7.39. The van der Waals surface area contributed by atoms with Crippen LogP contribution >= 0.6 is 23.2 Å². The summed E-state index contributed by atoms with van der Waals surface area (Å²) in [6.45, 7) is 4.35. The number of benzene rings is 1. The first-order valence-corrected chi connectivity index (χ1v) is 7.07. The van der Waals surface area contributed by atoms with Crippen LogP contribution in [-0.2, 0) is 11.3 Å². The lowest BCUT2D eigenvalue weighted by atomic mass is 10.3. The fraction of sp³-hybridized carbons (Fsp3) is 0.462. The molecule has 19 heavy (non-hydrogen) atoms. The summed E-state index contributed by atoms with van der Waals surface area (Å²) >= 11 is 12.0. The quantitative estimate of drug-likeness (QED) is 0.827. The lowest BCUT2D eigenvalue weighted by Gasteiger charge is -2.07. The number of halogens is 2. The molecule has 0 amide bonds. The van der Waals surface area contributed by atoms with Crippen LogP contribution in [-0.4, -0.2) is 22.8 Å². The standard InChI is InChI=1S/C13H17Cl2N3O/c1-2-5-19-6-3-4-18-12-8-10(15)9(14)7-11(12)17-13(18)16/h7-8H,2-6H2,1H3,(H2,16,17). The third-order valence-corrected chi connectivity index (χ3v) is 3.56. The summed E-state index contributed by atoms with van der Waals surface area (Å²) in [5.74, 6) is 0.476. The molecular weight excluding hydrogens is 285 g/mol. The maximum atomic E-state index is 6.03. The highest BCUT2D eigenvalue weighted by atomic mass is 35.5. The highest BCUT2D eigenvalue weighted by Crippen LogP contribution is 2.29. The molecule has 0 unspecified atom stereocenters. The maximum Gasteiger partial charge on any atom is 0.201 e. The van der Waals surface area contributed by atoms with Gasteiger partial charge in [-0.3, -0.25) is 0 Å². The maximum absolute atomic E-state index is 6.03. The second-order valence-corrected chi connectivity index (χ2v) is 5.16. The smallest absolute Gasteiger partial charge is 0.201 e. The largest absolute Gasteiger partial charge is 0.381 e. The molecule has 6 heteroatoms. The van der Waals surface area contributed by atoms with Crippen molar-refractivity contribution in [1.82, 2.24) is 9.55 Å². The van der Waals surface area contributed by atoms with E-state index in [4.69, 9.17) is 33.7 Å². The van der Waals surface area contributed by atoms with E-state index in [1.807, 2.05) is 4.57 Å². The molecule has 2 rings (SSSR count). The molecule has 0 saturated heterocycles. The van der Waals surface area contributed by atoms with Crippen LogP contribution in [0.4, 0.5) is 5.95 Å². The third kappa shape index (κ3) is 3.32. The number of nitrogens with two attached hydrogens (primary N) is 1. The van der Waals surface area contributed by atoms with Gasteiger partial charge in [0.1, 0.15) is 0 Å². The molecule has 104 valence electrons. The minimum absolute atomic E-state index is 0.476. The summed E-state index contributed by atoms with van der Waals surface area (Å²) in [6, 6.07) is 3.54. The van der Waals surface area contributed by atoms with E-state index in [1.165, 1.54) is 0 Å². The molecule has 0 aliphatic carbocycles. The molecule has 0 aliphatic rings. The van der Waals surface area contributed by atoms with Gasteiger partial charge in [0, 0.05) is 19.8 Å². The number of anilines is 1. The van der Waals surface area contributed by atoms with Gasteiger partial charge in [-0.2, -0.15) is 0 Å². The number of imidazole rings is 1. The van der Waals surface area contributed by atoms with Gasteiger partial charge in [0.05, 0.1) is 21.1 Å². The van der Waals surface area contributed by atoms with Crippen LogP contribution in [0.15, 0.2) is 12.1 Å². The van der Waals surface area contributed by atoms with E-state index >= 15 is 0 Å². The molecule has 0 fully saturated rings. The Kier molecular flexibility index (Phi) is 4.91. The van der Waals surface area contributed by atoms with Gasteiger partial charge in [-0.05, 0) is 25.0 Å². The van der Waals surface area contributed by atoms with Crippen molar-refractivity contribution in [3.8, 4) is 0 Å². The van der Waals surface area contributed by atoms with Crippen molar-refractivity contribution in [2.24, 2.45) is 0 Å². The molecule has 0 atom stereocenters. The first-order valence-electron chi connectivity index (χ1n) is 6.32. The number of nitrogen functional groups attached to an aromatic ring is 1. The normalized spacial score (nSPS) is 11.3. The average molecular weight is 302 g/mol. The average Bonchev–Trinajstić information content (AvgIpc) is 2.66. The molecular formula is C13H17Cl2N3O. The number of hydrogen-bond donors (Lipinski definition) is 1. The summed E-state index contributed by atoms with van der Waals surface area (Å²) in [4.78, 5) is 4.29. The van der Waals surface area contributed by atoms with E-state index in [2.05, 4.69) is 11.9 Å². The van der Waals surface area contributed by atoms with Gasteiger partial charge in [-0.15, -0.1) is 0 Å². The predicted molar refractivity (Wildman–Crippen MR) is 79.9 cm³/mol. The monoisotopic (exact) mass is 301 g/mol. The van der Waals surface area contributed by atoms with Crippen molar-refractivity contribution in [1.29, 1.82) is 0 Å². The number of hydrogen-bond acceptors (Lipinski definition) is 3. The van der Waals surface area contributed by atoms with Gasteiger partial charge in [0.2, 0.25) is 5.95 Å². The van der Waals surface area contributed by atoms with Crippen LogP contribution in [0.3, 0.4) is 0 Å². The second-order valence-electron chi connectivity index (χ2n) is 4.34. The molecule has 0 spiro atoms. The Balaban J connectivity index is 2.13. The summed E-state index contributed by atoms with van der Waals surface area (Å²) in [5, 5.41) is 1.00. The lowest BCUT2D eigenvalue weighted by molar-refractivity contribution is 0.129. The Morgan fingerprint density at radius 1 is 1.26 bits per heavy atom. The highest BCUT2D eigenvalue weighted by Gasteiger charge is 2.10. The lowest BCUT2D eigenvalue weighted by Crippen LogP contribution is -2.06. The SMILES string of the molecule is CCCOCCCn1c(N)nc2cc(Cl)c(Cl)cc21. The minimum atomic E-state index is 0.476. The summed E-state index contributed by atoms with van der Waals surface area (Å²) in [7, 11) is 0. The molecule has 1 aromatic carbocycles. The topological polar surface area (TPSA) is 53.1 Å². The van der Waals surface area contributed by atoms with Gasteiger partial charge < -0.3 is 15.0 Å². The number of ether oxygens (including phenoxy) is 1. The molecule has 0 radical (unpaired) electrons. The molecule has 4 nitrogen and oxygen atoms in total. The molecule has 1 aromatic heterocycles. The Bertz CT molecular complexity index is 569. The van der Waals surface area contributed by atoms with Crippen LogP contribution in [0.2, 0.25) is 10.0 Å². The fourth-order valence-electron chi connectivity index (χ4n) is 1.94. The molecule has 1 heterocycles. The Labute approximate surface area is 122 Å². The Hall–Kier alpha value is -0.970. The summed E-state index contributed by atoms with van der Waals surface area (Å²) in [5.41, 5.74) is 7.59. The minimum Gasteiger partial charge on any atom is -0.381 e. The van der Waals surface area contributed by atoms with Crippen molar-refractivity contribution in [2.45, 2.75) is 26.3 Å². The molecule has 2 N–H and O–H groups in total. The first kappa shape index (κ1) is 14.4. The van der Waals surface area contributed by atoms with Crippen LogP contribution in [0.5, 0.6) is 0 Å². The van der Waals surface area contributed by atoms with E-state index < -0.39 is 0 Å². The van der Waals surface area contributed by atoms with Crippen molar-refractivity contribution >= 4 is 40.2 Å². The van der Waals surface area contributed by atoms with Crippen LogP contribution in [0.1, 0.15) is 19.8 Å². The van der Waals surface area contributed by atoms with Gasteiger partial charge in [0.15, 0.2) is 0 Å². The van der Waals surface area contributed by atoms with Crippen LogP contribution in [0, 0.1) is 0 Å². The van der Waals surface area contributed by atoms with Crippen molar-refractivity contribution in [2.75, 3.05) is 18.9 Å². The van der Waals surface area contributed by atoms with Crippen LogP contribution in [0.25, 0.3) is 11.0 Å². The number of aromatic nitrogens is 2. The molecule has 0 bridgehead atoms. The first-order chi connectivity index (χ1) is 9.13. The van der Waals surface area contributed by atoms with Gasteiger partial charge in [0.25, 0.3) is 0 Å². The highest BCUT2D eigenvalue weighted by molar-refractivity contribution is 6.42. The van der Waals surface area contributed by atoms with Crippen molar-refractivity contribution in [3.63, 3.8) is 0 Å². The number of fused-ring (bicyclic) bond motifs is 1. The van der Waals surface area contributed by atoms with E-state index in [1.54, 1.807) is 12.1 Å². The van der Waals surface area contributed by atoms with Crippen molar-refractivity contribution < 1.29 is 4.74 Å². The zero-order valence-corrected chi connectivity index (χ0v) is 12.3. The Morgan fingerprint density at radius 3 is 2.74 bits per heavy atom. The van der Waals surface area contributed by atoms with Crippen molar-refractivity contribution in [3.05, 3.63) is 22.2 Å². The number of nitrogens with zero attached hydrogens (tertiary/aromatic N) is 2. The van der Waals surface area contributed by atoms with E-state index in [0.717, 1.165) is 37.0 Å². The zero-order valence-electron chi connectivity index (χ0n) is 10.8. The number of aryl methyl sites for hydroxylation is 1. The second kappa shape index (κ2) is 6.46. The van der Waals surface area contributed by atoms with Gasteiger partial charge in [-0.1, -0.05) is 30.1 Å². The predicted octanol–water partition coefficient (Wildman–Crippen LogP) is 3.74. The van der Waals surface area contributed by atoms with Crippen LogP contribution < -0.4 is 5.73 Å². The van der Waals surface area contributed by atoms with E-state index in [0.29, 0.717) is 22.6 Å². The fourth-order valence-corrected chi connectivity index (χ4v) is 2.26. The molecule has 2 aromatic rings. The van der Waals surface area contributed by atoms with E-state index in [-0.39, 0.29) is 0 Å². The molecule has 0 aliphatic heterocycles. The summed E-state index contributed by atoms with van der Waals surface area (Å²) in [6.07, 6.45) is 1.92. The third-order valence-electron chi connectivity index (χ3n) is 2.84. The van der Waals surface area contributed by atoms with E-state index in [9.17, 15) is 0 Å². The Morgan fingerprint density at radius 2 is 2.00 bits per heavy atom. The zero-order chi connectivity index (χ0) is 13.8. The van der Waals surface area contributed by atoms with Gasteiger partial charge in [-0.25, -0.2) is 4.98 Å².